The van der Waals surface area contributed by atoms with Crippen molar-refractivity contribution in [3.05, 3.63) is 29.0 Å². The second-order valence-electron chi connectivity index (χ2n) is 5.29. The average Bonchev–Trinajstić information content (AvgIpc) is 3.07. The van der Waals surface area contributed by atoms with Gasteiger partial charge in [0, 0.05) is 25.5 Å². The molecule has 1 amide bonds. The first-order chi connectivity index (χ1) is 11.4. The number of amides is 1. The van der Waals surface area contributed by atoms with Gasteiger partial charge in [0.05, 0.1) is 5.02 Å². The average molecular weight is 354 g/mol. The van der Waals surface area contributed by atoms with Crippen molar-refractivity contribution in [2.24, 2.45) is 0 Å². The monoisotopic (exact) mass is 353 g/mol. The van der Waals surface area contributed by atoms with Crippen molar-refractivity contribution in [1.29, 1.82) is 0 Å². The Hall–Kier alpha value is -2.54. The zero-order valence-electron chi connectivity index (χ0n) is 12.6. The summed E-state index contributed by atoms with van der Waals surface area (Å²) in [5.74, 6) is -2.33. The Balaban J connectivity index is 2.13. The number of benzene rings is 1. The van der Waals surface area contributed by atoms with Gasteiger partial charge in [-0.25, -0.2) is 4.39 Å². The van der Waals surface area contributed by atoms with Crippen LogP contribution in [0.5, 0.6) is 11.5 Å². The van der Waals surface area contributed by atoms with Gasteiger partial charge < -0.3 is 14.3 Å². The largest absolute Gasteiger partial charge is 0.502 e. The number of aromatic hydroxyl groups is 1. The smallest absolute Gasteiger partial charge is 0.308 e. The molecule has 1 N–H and O–H groups in total. The maximum absolute atomic E-state index is 13.3. The lowest BCUT2D eigenvalue weighted by Gasteiger charge is -2.13. The van der Waals surface area contributed by atoms with E-state index >= 15 is 0 Å². The van der Waals surface area contributed by atoms with Gasteiger partial charge in [0.15, 0.2) is 5.76 Å². The van der Waals surface area contributed by atoms with Crippen LogP contribution in [0.4, 0.5) is 10.3 Å². The van der Waals surface area contributed by atoms with Crippen LogP contribution in [0.15, 0.2) is 22.6 Å². The van der Waals surface area contributed by atoms with E-state index in [0.29, 0.717) is 19.4 Å². The molecule has 126 valence electrons. The maximum Gasteiger partial charge on any atom is 0.308 e. The molecule has 1 aliphatic rings. The van der Waals surface area contributed by atoms with Gasteiger partial charge in [0.2, 0.25) is 17.4 Å². The van der Waals surface area contributed by atoms with Crippen molar-refractivity contribution in [2.75, 3.05) is 11.4 Å². The molecule has 6 nitrogen and oxygen atoms in total. The Morgan fingerprint density at radius 2 is 2.21 bits per heavy atom. The number of hydrogen-bond donors (Lipinski definition) is 1. The highest BCUT2D eigenvalue weighted by Gasteiger charge is 2.33. The molecule has 0 aliphatic carbocycles. The minimum absolute atomic E-state index is 0.0550. The molecule has 1 saturated heterocycles. The van der Waals surface area contributed by atoms with Gasteiger partial charge in [-0.2, -0.15) is 0 Å². The van der Waals surface area contributed by atoms with Crippen LogP contribution in [0.25, 0.3) is 11.3 Å². The minimum atomic E-state index is -0.678. The van der Waals surface area contributed by atoms with E-state index in [4.69, 9.17) is 20.8 Å². The van der Waals surface area contributed by atoms with Crippen LogP contribution in [0.3, 0.4) is 0 Å². The van der Waals surface area contributed by atoms with Crippen LogP contribution in [0.1, 0.15) is 19.8 Å². The topological polar surface area (TPSA) is 80.0 Å². The summed E-state index contributed by atoms with van der Waals surface area (Å²) in [5.41, 5.74) is 0.283. The highest BCUT2D eigenvalue weighted by Crippen LogP contribution is 2.49. The SMILES string of the molecule is CC(=O)Oc1c(N2CCCC2=O)oc(-c2ccc(F)c(Cl)c2)c1O. The van der Waals surface area contributed by atoms with E-state index in [1.165, 1.54) is 17.0 Å². The van der Waals surface area contributed by atoms with Gasteiger partial charge in [-0.1, -0.05) is 11.6 Å². The lowest BCUT2D eigenvalue weighted by molar-refractivity contribution is -0.132. The fraction of sp³-hybridized carbons (Fsp3) is 0.250. The lowest BCUT2D eigenvalue weighted by Crippen LogP contribution is -2.24. The predicted molar refractivity (Wildman–Crippen MR) is 83.7 cm³/mol. The molecule has 0 saturated carbocycles. The van der Waals surface area contributed by atoms with Gasteiger partial charge in [-0.15, -0.1) is 0 Å². The van der Waals surface area contributed by atoms with E-state index in [1.807, 2.05) is 0 Å². The molecule has 2 heterocycles. The van der Waals surface area contributed by atoms with E-state index in [9.17, 15) is 19.1 Å². The molecule has 8 heteroatoms. The van der Waals surface area contributed by atoms with Gasteiger partial charge in [0.25, 0.3) is 5.88 Å². The number of ether oxygens (including phenoxy) is 1. The first kappa shape index (κ1) is 16.3. The van der Waals surface area contributed by atoms with E-state index < -0.39 is 17.5 Å². The molecule has 1 aromatic heterocycles. The van der Waals surface area contributed by atoms with Crippen LogP contribution in [0, 0.1) is 5.82 Å². The van der Waals surface area contributed by atoms with Gasteiger partial charge in [0.1, 0.15) is 5.82 Å². The number of anilines is 1. The van der Waals surface area contributed by atoms with Crippen molar-refractivity contribution in [3.8, 4) is 22.8 Å². The lowest BCUT2D eigenvalue weighted by atomic mass is 10.1. The third-order valence-electron chi connectivity index (χ3n) is 3.57. The first-order valence-corrected chi connectivity index (χ1v) is 7.56. The number of halogens is 2. The van der Waals surface area contributed by atoms with Crippen molar-refractivity contribution >= 4 is 29.4 Å². The van der Waals surface area contributed by atoms with Crippen LogP contribution in [-0.4, -0.2) is 23.5 Å². The number of carbonyl (C=O) groups excluding carboxylic acids is 2. The molecular weight excluding hydrogens is 341 g/mol. The van der Waals surface area contributed by atoms with Crippen LogP contribution in [-0.2, 0) is 9.59 Å². The second kappa shape index (κ2) is 6.16. The van der Waals surface area contributed by atoms with E-state index in [-0.39, 0.29) is 33.9 Å². The first-order valence-electron chi connectivity index (χ1n) is 7.18. The summed E-state index contributed by atoms with van der Waals surface area (Å²) in [6, 6.07) is 3.74. The molecule has 0 bridgehead atoms. The minimum Gasteiger partial charge on any atom is -0.502 e. The van der Waals surface area contributed by atoms with Crippen molar-refractivity contribution < 1.29 is 28.2 Å². The normalized spacial score (nSPS) is 14.3. The predicted octanol–water partition coefficient (Wildman–Crippen LogP) is 3.50. The zero-order valence-corrected chi connectivity index (χ0v) is 13.4. The highest BCUT2D eigenvalue weighted by atomic mass is 35.5. The summed E-state index contributed by atoms with van der Waals surface area (Å²) in [7, 11) is 0. The molecule has 24 heavy (non-hydrogen) atoms. The fourth-order valence-corrected chi connectivity index (χ4v) is 2.69. The quantitative estimate of drug-likeness (QED) is 0.854. The Morgan fingerprint density at radius 1 is 1.46 bits per heavy atom. The molecule has 0 atom stereocenters. The Bertz CT molecular complexity index is 832. The van der Waals surface area contributed by atoms with E-state index in [2.05, 4.69) is 0 Å². The third kappa shape index (κ3) is 2.82. The second-order valence-corrected chi connectivity index (χ2v) is 5.69. The van der Waals surface area contributed by atoms with Crippen molar-refractivity contribution in [3.63, 3.8) is 0 Å². The maximum atomic E-state index is 13.3. The summed E-state index contributed by atoms with van der Waals surface area (Å²) < 4.78 is 23.9. The standard InChI is InChI=1S/C16H13ClFNO5/c1-8(20)23-15-13(22)14(9-4-5-11(18)10(17)7-9)24-16(15)19-6-2-3-12(19)21/h4-5,7,22H,2-3,6H2,1H3. The van der Waals surface area contributed by atoms with Crippen molar-refractivity contribution in [2.45, 2.75) is 19.8 Å². The molecule has 1 aromatic carbocycles. The zero-order chi connectivity index (χ0) is 17.4. The Kier molecular flexibility index (Phi) is 4.19. The molecule has 0 spiro atoms. The molecule has 0 unspecified atom stereocenters. The van der Waals surface area contributed by atoms with E-state index in [0.717, 1.165) is 13.0 Å². The summed E-state index contributed by atoms with van der Waals surface area (Å²) >= 11 is 5.75. The molecule has 3 rings (SSSR count). The van der Waals surface area contributed by atoms with Gasteiger partial charge >= 0.3 is 5.97 Å². The summed E-state index contributed by atoms with van der Waals surface area (Å²) in [6.45, 7) is 1.54. The molecule has 1 fully saturated rings. The Labute approximate surface area is 141 Å². The summed E-state index contributed by atoms with van der Waals surface area (Å²) in [5, 5.41) is 10.2. The molecule has 1 aliphatic heterocycles. The number of furan rings is 1. The number of nitrogens with zero attached hydrogens (tertiary/aromatic N) is 1. The number of esters is 1. The summed E-state index contributed by atoms with van der Waals surface area (Å²) in [6.07, 6.45) is 0.955. The van der Waals surface area contributed by atoms with E-state index in [1.54, 1.807) is 0 Å². The van der Waals surface area contributed by atoms with Crippen LogP contribution < -0.4 is 9.64 Å². The number of carbonyl (C=O) groups is 2. The third-order valence-corrected chi connectivity index (χ3v) is 3.86. The van der Waals surface area contributed by atoms with Crippen LogP contribution >= 0.6 is 11.6 Å². The summed E-state index contributed by atoms with van der Waals surface area (Å²) in [4.78, 5) is 24.5. The molecular formula is C16H13ClFNO5. The highest BCUT2D eigenvalue weighted by molar-refractivity contribution is 6.31. The molecule has 2 aromatic rings. The fourth-order valence-electron chi connectivity index (χ4n) is 2.51. The Morgan fingerprint density at radius 3 is 2.79 bits per heavy atom. The van der Waals surface area contributed by atoms with Crippen LogP contribution in [0.2, 0.25) is 5.02 Å². The molecule has 0 radical (unpaired) electrons. The number of rotatable bonds is 3. The van der Waals surface area contributed by atoms with Crippen molar-refractivity contribution in [1.82, 2.24) is 0 Å². The van der Waals surface area contributed by atoms with Gasteiger partial charge in [-0.05, 0) is 24.6 Å². The van der Waals surface area contributed by atoms with Gasteiger partial charge in [-0.3, -0.25) is 14.5 Å². The number of hydrogen-bond acceptors (Lipinski definition) is 5.